The molecule has 146 valence electrons. The quantitative estimate of drug-likeness (QED) is 0.559. The average Bonchev–Trinajstić information content (AvgIpc) is 3.08. The topological polar surface area (TPSA) is 59.8 Å². The lowest BCUT2D eigenvalue weighted by Gasteiger charge is -2.18. The van der Waals surface area contributed by atoms with Crippen LogP contribution in [0.4, 0.5) is 5.69 Å². The van der Waals surface area contributed by atoms with Crippen molar-refractivity contribution in [2.24, 2.45) is 0 Å². The molecular weight excluding hydrogens is 368 g/mol. The van der Waals surface area contributed by atoms with Gasteiger partial charge in [0.05, 0.1) is 5.25 Å². The molecule has 0 fully saturated rings. The summed E-state index contributed by atoms with van der Waals surface area (Å²) in [4.78, 5) is 12.8. The molecule has 1 aromatic heterocycles. The fraction of sp³-hybridized carbons (Fsp3) is 0.318. The van der Waals surface area contributed by atoms with E-state index in [4.69, 9.17) is 0 Å². The third-order valence-electron chi connectivity index (χ3n) is 4.82. The fourth-order valence-corrected chi connectivity index (χ4v) is 3.91. The summed E-state index contributed by atoms with van der Waals surface area (Å²) in [5.74, 6) is 1.15. The van der Waals surface area contributed by atoms with E-state index in [0.717, 1.165) is 23.6 Å². The van der Waals surface area contributed by atoms with E-state index in [2.05, 4.69) is 35.4 Å². The van der Waals surface area contributed by atoms with Crippen LogP contribution in [-0.4, -0.2) is 25.9 Å². The number of aryl methyl sites for hydroxylation is 1. The first-order valence-corrected chi connectivity index (χ1v) is 10.4. The van der Waals surface area contributed by atoms with E-state index >= 15 is 0 Å². The van der Waals surface area contributed by atoms with Crippen LogP contribution in [0.5, 0.6) is 0 Å². The van der Waals surface area contributed by atoms with E-state index < -0.39 is 0 Å². The minimum absolute atomic E-state index is 0.0407. The molecule has 0 aliphatic heterocycles. The summed E-state index contributed by atoms with van der Waals surface area (Å²) in [5, 5.41) is 12.0. The number of benzene rings is 2. The summed E-state index contributed by atoms with van der Waals surface area (Å²) in [7, 11) is 0. The Hall–Kier alpha value is -2.60. The molecule has 3 aromatic rings. The average molecular weight is 395 g/mol. The Morgan fingerprint density at radius 3 is 2.46 bits per heavy atom. The van der Waals surface area contributed by atoms with E-state index in [9.17, 15) is 4.79 Å². The predicted molar refractivity (Wildman–Crippen MR) is 115 cm³/mol. The van der Waals surface area contributed by atoms with Gasteiger partial charge in [-0.15, -0.1) is 10.2 Å². The van der Waals surface area contributed by atoms with Gasteiger partial charge in [-0.2, -0.15) is 0 Å². The van der Waals surface area contributed by atoms with Crippen molar-refractivity contribution in [3.05, 3.63) is 66.0 Å². The van der Waals surface area contributed by atoms with Crippen molar-refractivity contribution in [3.8, 4) is 5.69 Å². The van der Waals surface area contributed by atoms with Gasteiger partial charge >= 0.3 is 0 Å². The molecule has 1 N–H and O–H groups in total. The lowest BCUT2D eigenvalue weighted by Crippen LogP contribution is -2.23. The third-order valence-corrected chi connectivity index (χ3v) is 5.87. The summed E-state index contributed by atoms with van der Waals surface area (Å²) in [5.41, 5.74) is 3.04. The molecule has 0 radical (unpaired) electrons. The second-order valence-electron chi connectivity index (χ2n) is 6.85. The van der Waals surface area contributed by atoms with Crippen LogP contribution in [0.15, 0.2) is 59.8 Å². The number of amides is 1. The van der Waals surface area contributed by atoms with Gasteiger partial charge in [0.25, 0.3) is 0 Å². The van der Waals surface area contributed by atoms with Crippen LogP contribution in [0.25, 0.3) is 5.69 Å². The number of aromatic nitrogens is 3. The van der Waals surface area contributed by atoms with Crippen LogP contribution in [0.3, 0.4) is 0 Å². The predicted octanol–water partition coefficient (Wildman–Crippen LogP) is 5.21. The SMILES string of the molecule is CCC(C)c1ccccc1NC(=O)C(C)Sc1nnc(C)n1-c1ccccc1. The summed E-state index contributed by atoms with van der Waals surface area (Å²) >= 11 is 1.41. The molecule has 3 rings (SSSR count). The van der Waals surface area contributed by atoms with Crippen molar-refractivity contribution in [1.82, 2.24) is 14.8 Å². The van der Waals surface area contributed by atoms with E-state index in [1.54, 1.807) is 0 Å². The van der Waals surface area contributed by atoms with Crippen molar-refractivity contribution in [2.75, 3.05) is 5.32 Å². The first-order chi connectivity index (χ1) is 13.5. The van der Waals surface area contributed by atoms with Gasteiger partial charge in [0, 0.05) is 11.4 Å². The van der Waals surface area contributed by atoms with Gasteiger partial charge in [0.1, 0.15) is 5.82 Å². The van der Waals surface area contributed by atoms with E-state index in [0.29, 0.717) is 11.1 Å². The maximum atomic E-state index is 12.8. The van der Waals surface area contributed by atoms with Crippen LogP contribution in [0.1, 0.15) is 44.5 Å². The standard InChI is InChI=1S/C22H26N4OS/c1-5-15(2)19-13-9-10-14-20(19)23-21(27)16(3)28-22-25-24-17(4)26(22)18-11-7-6-8-12-18/h6-16H,5H2,1-4H3,(H,23,27). The number of nitrogens with zero attached hydrogens (tertiary/aromatic N) is 3. The molecule has 0 saturated heterocycles. The Morgan fingerprint density at radius 1 is 1.07 bits per heavy atom. The number of carbonyl (C=O) groups excluding carboxylic acids is 1. The Labute approximate surface area is 170 Å². The number of nitrogens with one attached hydrogen (secondary N) is 1. The number of anilines is 1. The van der Waals surface area contributed by atoms with Crippen molar-refractivity contribution < 1.29 is 4.79 Å². The van der Waals surface area contributed by atoms with Crippen molar-refractivity contribution in [3.63, 3.8) is 0 Å². The van der Waals surface area contributed by atoms with Gasteiger partial charge < -0.3 is 5.32 Å². The van der Waals surface area contributed by atoms with E-state index in [-0.39, 0.29) is 11.2 Å². The van der Waals surface area contributed by atoms with Gasteiger partial charge in [0.2, 0.25) is 5.91 Å². The smallest absolute Gasteiger partial charge is 0.237 e. The largest absolute Gasteiger partial charge is 0.325 e. The molecule has 28 heavy (non-hydrogen) atoms. The molecule has 2 aromatic carbocycles. The maximum absolute atomic E-state index is 12.8. The molecule has 0 spiro atoms. The van der Waals surface area contributed by atoms with Gasteiger partial charge in [-0.1, -0.05) is 62.0 Å². The first-order valence-electron chi connectivity index (χ1n) is 9.55. The Balaban J connectivity index is 1.77. The Morgan fingerprint density at radius 2 is 1.75 bits per heavy atom. The van der Waals surface area contributed by atoms with Crippen molar-refractivity contribution in [1.29, 1.82) is 0 Å². The summed E-state index contributed by atoms with van der Waals surface area (Å²) in [6.07, 6.45) is 1.02. The lowest BCUT2D eigenvalue weighted by atomic mass is 9.97. The minimum Gasteiger partial charge on any atom is -0.325 e. The second kappa shape index (κ2) is 9.06. The first kappa shape index (κ1) is 20.1. The molecule has 2 atom stereocenters. The van der Waals surface area contributed by atoms with Crippen LogP contribution in [0, 0.1) is 6.92 Å². The number of hydrogen-bond donors (Lipinski definition) is 1. The normalized spacial score (nSPS) is 13.1. The van der Waals surface area contributed by atoms with Crippen molar-refractivity contribution >= 4 is 23.4 Å². The molecule has 1 amide bonds. The highest BCUT2D eigenvalue weighted by Gasteiger charge is 2.21. The summed E-state index contributed by atoms with van der Waals surface area (Å²) in [6, 6.07) is 18.0. The van der Waals surface area contributed by atoms with Crippen LogP contribution < -0.4 is 5.32 Å². The molecule has 2 unspecified atom stereocenters. The zero-order chi connectivity index (χ0) is 20.1. The zero-order valence-electron chi connectivity index (χ0n) is 16.7. The summed E-state index contributed by atoms with van der Waals surface area (Å²) < 4.78 is 1.97. The lowest BCUT2D eigenvalue weighted by molar-refractivity contribution is -0.115. The molecule has 1 heterocycles. The molecule has 6 heteroatoms. The third kappa shape index (κ3) is 4.44. The molecule has 0 aliphatic carbocycles. The monoisotopic (exact) mass is 394 g/mol. The van der Waals surface area contributed by atoms with E-state index in [1.165, 1.54) is 17.3 Å². The second-order valence-corrected chi connectivity index (χ2v) is 8.15. The van der Waals surface area contributed by atoms with Gasteiger partial charge in [-0.25, -0.2) is 0 Å². The molecular formula is C22H26N4OS. The molecule has 5 nitrogen and oxygen atoms in total. The highest BCUT2D eigenvalue weighted by molar-refractivity contribution is 8.00. The Kier molecular flexibility index (Phi) is 6.52. The van der Waals surface area contributed by atoms with Crippen LogP contribution >= 0.6 is 11.8 Å². The van der Waals surface area contributed by atoms with Crippen LogP contribution in [0.2, 0.25) is 0 Å². The van der Waals surface area contributed by atoms with Crippen LogP contribution in [-0.2, 0) is 4.79 Å². The number of hydrogen-bond acceptors (Lipinski definition) is 4. The number of carbonyl (C=O) groups is 1. The fourth-order valence-electron chi connectivity index (χ4n) is 3.00. The maximum Gasteiger partial charge on any atom is 0.237 e. The number of para-hydroxylation sites is 2. The number of rotatable bonds is 7. The van der Waals surface area contributed by atoms with E-state index in [1.807, 2.05) is 66.9 Å². The highest BCUT2D eigenvalue weighted by Crippen LogP contribution is 2.29. The number of thioether (sulfide) groups is 1. The zero-order valence-corrected chi connectivity index (χ0v) is 17.5. The van der Waals surface area contributed by atoms with Gasteiger partial charge in [0.15, 0.2) is 5.16 Å². The Bertz CT molecular complexity index is 939. The molecule has 0 bridgehead atoms. The molecule has 0 aliphatic rings. The van der Waals surface area contributed by atoms with Gasteiger partial charge in [-0.05, 0) is 49.9 Å². The van der Waals surface area contributed by atoms with Gasteiger partial charge in [-0.3, -0.25) is 9.36 Å². The minimum atomic E-state index is -0.309. The summed E-state index contributed by atoms with van der Waals surface area (Å²) in [6.45, 7) is 8.14. The molecule has 0 saturated carbocycles. The highest BCUT2D eigenvalue weighted by atomic mass is 32.2. The van der Waals surface area contributed by atoms with Crippen molar-refractivity contribution in [2.45, 2.75) is 50.4 Å².